The first-order valence-corrected chi connectivity index (χ1v) is 10.6. The van der Waals surface area contributed by atoms with Crippen LogP contribution in [0.3, 0.4) is 0 Å². The van der Waals surface area contributed by atoms with Crippen LogP contribution in [0.5, 0.6) is 11.5 Å². The lowest BCUT2D eigenvalue weighted by Crippen LogP contribution is -2.58. The van der Waals surface area contributed by atoms with Gasteiger partial charge in [-0.05, 0) is 36.8 Å². The number of carbonyl (C=O) groups excluding carboxylic acids is 1. The van der Waals surface area contributed by atoms with E-state index >= 15 is 0 Å². The fourth-order valence-electron chi connectivity index (χ4n) is 4.31. The number of ether oxygens (including phenoxy) is 3. The Balaban J connectivity index is 1.77. The predicted molar refractivity (Wildman–Crippen MR) is 115 cm³/mol. The number of nitrogens with zero attached hydrogens (tertiary/aromatic N) is 2. The average Bonchev–Trinajstić information content (AvgIpc) is 3.06. The maximum atomic E-state index is 13.5. The fraction of sp³-hybridized carbons (Fsp3) is 0.261. The van der Waals surface area contributed by atoms with E-state index in [4.69, 9.17) is 19.2 Å². The number of para-hydroxylation sites is 1. The molecule has 3 atom stereocenters. The van der Waals surface area contributed by atoms with Gasteiger partial charge in [0.15, 0.2) is 4.80 Å². The molecule has 2 aliphatic rings. The van der Waals surface area contributed by atoms with E-state index in [1.165, 1.54) is 18.4 Å². The highest BCUT2D eigenvalue weighted by atomic mass is 32.1. The van der Waals surface area contributed by atoms with Crippen LogP contribution in [-0.2, 0) is 9.53 Å². The third kappa shape index (κ3) is 2.97. The van der Waals surface area contributed by atoms with Crippen LogP contribution in [0.2, 0.25) is 0 Å². The Morgan fingerprint density at radius 3 is 2.81 bits per heavy atom. The third-order valence-electron chi connectivity index (χ3n) is 5.73. The molecule has 0 N–H and O–H groups in total. The summed E-state index contributed by atoms with van der Waals surface area (Å²) in [7, 11) is 2.93. The highest BCUT2D eigenvalue weighted by Crippen LogP contribution is 2.47. The molecule has 31 heavy (non-hydrogen) atoms. The smallest absolute Gasteiger partial charge is 0.317 e. The van der Waals surface area contributed by atoms with E-state index in [9.17, 15) is 9.59 Å². The Kier molecular flexibility index (Phi) is 4.48. The molecule has 3 aromatic rings. The van der Waals surface area contributed by atoms with Gasteiger partial charge in [-0.3, -0.25) is 14.2 Å². The Labute approximate surface area is 181 Å². The Bertz CT molecular complexity index is 1380. The molecule has 2 aromatic carbocycles. The summed E-state index contributed by atoms with van der Waals surface area (Å²) in [5.41, 5.74) is 0.228. The van der Waals surface area contributed by atoms with E-state index in [0.717, 1.165) is 11.1 Å². The number of benzene rings is 2. The second kappa shape index (κ2) is 7.09. The maximum absolute atomic E-state index is 13.5. The number of thiazole rings is 1. The van der Waals surface area contributed by atoms with Crippen molar-refractivity contribution < 1.29 is 19.0 Å². The van der Waals surface area contributed by atoms with Crippen molar-refractivity contribution >= 4 is 23.4 Å². The standard InChI is InChI=1S/C23H20N2O5S/c1-23-18(21(27)29-3)19(15-9-4-5-10-16(15)30-23)25-20(26)17(31-22(25)24-23)12-13-7-6-8-14(11-13)28-2/h4-12,18-19H,1-3H3/b17-12+/t18?,19?,23-/m0/s1. The van der Waals surface area contributed by atoms with Crippen LogP contribution in [0.4, 0.5) is 0 Å². The monoisotopic (exact) mass is 436 g/mol. The zero-order valence-electron chi connectivity index (χ0n) is 17.2. The molecule has 2 aliphatic heterocycles. The van der Waals surface area contributed by atoms with Crippen molar-refractivity contribution in [3.8, 4) is 11.5 Å². The van der Waals surface area contributed by atoms with Crippen LogP contribution < -0.4 is 24.4 Å². The molecule has 0 saturated carbocycles. The minimum Gasteiger partial charge on any atom is -0.497 e. The summed E-state index contributed by atoms with van der Waals surface area (Å²) in [6.45, 7) is 1.76. The van der Waals surface area contributed by atoms with Gasteiger partial charge in [0.05, 0.1) is 24.8 Å². The number of hydrogen-bond donors (Lipinski definition) is 0. The van der Waals surface area contributed by atoms with E-state index in [1.807, 2.05) is 54.6 Å². The van der Waals surface area contributed by atoms with Gasteiger partial charge >= 0.3 is 5.97 Å². The normalized spacial score (nSPS) is 23.8. The molecule has 0 radical (unpaired) electrons. The van der Waals surface area contributed by atoms with Crippen LogP contribution >= 0.6 is 11.3 Å². The molecule has 0 amide bonds. The zero-order chi connectivity index (χ0) is 21.8. The summed E-state index contributed by atoms with van der Waals surface area (Å²) in [6, 6.07) is 14.3. The number of carbonyl (C=O) groups is 1. The summed E-state index contributed by atoms with van der Waals surface area (Å²) < 4.78 is 18.6. The van der Waals surface area contributed by atoms with Gasteiger partial charge < -0.3 is 14.2 Å². The van der Waals surface area contributed by atoms with E-state index < -0.39 is 23.7 Å². The van der Waals surface area contributed by atoms with Gasteiger partial charge in [0.2, 0.25) is 5.72 Å². The van der Waals surface area contributed by atoms with Crippen LogP contribution in [-0.4, -0.2) is 30.5 Å². The van der Waals surface area contributed by atoms with Gasteiger partial charge in [0, 0.05) is 5.56 Å². The van der Waals surface area contributed by atoms with Gasteiger partial charge in [-0.1, -0.05) is 41.7 Å². The molecule has 2 bridgehead atoms. The van der Waals surface area contributed by atoms with Crippen LogP contribution in [0.25, 0.3) is 6.08 Å². The van der Waals surface area contributed by atoms with Crippen molar-refractivity contribution in [2.75, 3.05) is 14.2 Å². The van der Waals surface area contributed by atoms with Crippen molar-refractivity contribution in [1.29, 1.82) is 0 Å². The van der Waals surface area contributed by atoms with Crippen LogP contribution in [0.15, 0.2) is 58.3 Å². The Morgan fingerprint density at radius 2 is 2.03 bits per heavy atom. The van der Waals surface area contributed by atoms with Crippen molar-refractivity contribution in [3.05, 3.63) is 79.3 Å². The van der Waals surface area contributed by atoms with Crippen molar-refractivity contribution in [3.63, 3.8) is 0 Å². The van der Waals surface area contributed by atoms with E-state index in [0.29, 0.717) is 20.8 Å². The quantitative estimate of drug-likeness (QED) is 0.586. The Morgan fingerprint density at radius 1 is 1.23 bits per heavy atom. The van der Waals surface area contributed by atoms with Crippen molar-refractivity contribution in [2.24, 2.45) is 10.9 Å². The first kappa shape index (κ1) is 19.6. The second-order valence-corrected chi connectivity index (χ2v) is 8.61. The topological polar surface area (TPSA) is 79.1 Å². The van der Waals surface area contributed by atoms with Gasteiger partial charge in [0.1, 0.15) is 17.4 Å². The molecule has 0 aliphatic carbocycles. The first-order chi connectivity index (χ1) is 14.9. The van der Waals surface area contributed by atoms with Crippen LogP contribution in [0.1, 0.15) is 24.1 Å². The number of aromatic nitrogens is 1. The molecule has 7 nitrogen and oxygen atoms in total. The number of fused-ring (bicyclic) bond motifs is 6. The van der Waals surface area contributed by atoms with Gasteiger partial charge in [-0.15, -0.1) is 0 Å². The van der Waals surface area contributed by atoms with E-state index in [2.05, 4.69) is 0 Å². The summed E-state index contributed by atoms with van der Waals surface area (Å²) >= 11 is 1.28. The summed E-state index contributed by atoms with van der Waals surface area (Å²) in [5.74, 6) is 0.0713. The highest BCUT2D eigenvalue weighted by Gasteiger charge is 2.55. The lowest BCUT2D eigenvalue weighted by atomic mass is 9.81. The first-order valence-electron chi connectivity index (χ1n) is 9.78. The minimum atomic E-state index is -1.17. The second-order valence-electron chi connectivity index (χ2n) is 7.60. The number of esters is 1. The molecule has 8 heteroatoms. The lowest BCUT2D eigenvalue weighted by Gasteiger charge is -2.44. The number of hydrogen-bond acceptors (Lipinski definition) is 7. The minimum absolute atomic E-state index is 0.204. The van der Waals surface area contributed by atoms with Gasteiger partial charge in [-0.25, -0.2) is 4.99 Å². The molecule has 0 saturated heterocycles. The zero-order valence-corrected chi connectivity index (χ0v) is 18.0. The van der Waals surface area contributed by atoms with E-state index in [-0.39, 0.29) is 5.56 Å². The predicted octanol–water partition coefficient (Wildman–Crippen LogP) is 1.87. The number of rotatable bonds is 3. The maximum Gasteiger partial charge on any atom is 0.317 e. The van der Waals surface area contributed by atoms with Crippen LogP contribution in [0, 0.1) is 5.92 Å². The Hall–Kier alpha value is -3.39. The fourth-order valence-corrected chi connectivity index (χ4v) is 5.41. The third-order valence-corrected chi connectivity index (χ3v) is 6.71. The highest BCUT2D eigenvalue weighted by molar-refractivity contribution is 7.07. The molecule has 5 rings (SSSR count). The molecule has 0 spiro atoms. The van der Waals surface area contributed by atoms with Gasteiger partial charge in [-0.2, -0.15) is 0 Å². The molecular weight excluding hydrogens is 416 g/mol. The van der Waals surface area contributed by atoms with Gasteiger partial charge in [0.25, 0.3) is 5.56 Å². The molecule has 2 unspecified atom stereocenters. The van der Waals surface area contributed by atoms with Crippen molar-refractivity contribution in [2.45, 2.75) is 18.7 Å². The molecule has 0 fully saturated rings. The average molecular weight is 436 g/mol. The molecule has 158 valence electrons. The SMILES string of the molecule is COC(=O)C1C2c3ccccc3O[C@]1(C)N=c1s/c(=C/c3cccc(OC)c3)c(=O)n12. The molecule has 3 heterocycles. The summed E-state index contributed by atoms with van der Waals surface area (Å²) in [5, 5.41) is 0. The van der Waals surface area contributed by atoms with Crippen molar-refractivity contribution in [1.82, 2.24) is 4.57 Å². The largest absolute Gasteiger partial charge is 0.497 e. The lowest BCUT2D eigenvalue weighted by molar-refractivity contribution is -0.158. The summed E-state index contributed by atoms with van der Waals surface area (Å²) in [4.78, 5) is 31.5. The molecular formula is C23H20N2O5S. The summed E-state index contributed by atoms with van der Waals surface area (Å²) in [6.07, 6.45) is 1.81. The molecule has 1 aromatic heterocycles. The van der Waals surface area contributed by atoms with E-state index in [1.54, 1.807) is 18.6 Å². The number of methoxy groups -OCH3 is 2.